The molecule has 2 aliphatic rings. The first-order chi connectivity index (χ1) is 14.2. The summed E-state index contributed by atoms with van der Waals surface area (Å²) in [4.78, 5) is 30.3. The van der Waals surface area contributed by atoms with Crippen molar-refractivity contribution >= 4 is 17.3 Å². The van der Waals surface area contributed by atoms with Crippen LogP contribution in [0.2, 0.25) is 0 Å². The summed E-state index contributed by atoms with van der Waals surface area (Å²) in [6.07, 6.45) is 2.33. The van der Waals surface area contributed by atoms with Crippen molar-refractivity contribution in [3.63, 3.8) is 0 Å². The van der Waals surface area contributed by atoms with E-state index in [2.05, 4.69) is 44.6 Å². The van der Waals surface area contributed by atoms with Crippen molar-refractivity contribution in [2.75, 3.05) is 19.6 Å². The maximum atomic E-state index is 12.1. The average molecular weight is 389 g/mol. The summed E-state index contributed by atoms with van der Waals surface area (Å²) in [7, 11) is 0. The van der Waals surface area contributed by atoms with Crippen molar-refractivity contribution < 1.29 is 9.59 Å². The standard InChI is InChI=1S/C22H23N5O2/c28-19(17-8-9-17)12-20-24-21-3-1-2-18(27(21)25-20)16-6-4-15(5-7-16)13-26-11-10-23-22(29)14-26/h1-7,17H,8-14H2,(H,23,29). The first-order valence-corrected chi connectivity index (χ1v) is 10.1. The second-order valence-corrected chi connectivity index (χ2v) is 7.88. The van der Waals surface area contributed by atoms with Crippen LogP contribution >= 0.6 is 0 Å². The highest BCUT2D eigenvalue weighted by Crippen LogP contribution is 2.30. The quantitative estimate of drug-likeness (QED) is 0.696. The van der Waals surface area contributed by atoms with Gasteiger partial charge in [0.25, 0.3) is 0 Å². The number of piperazine rings is 1. The molecule has 0 radical (unpaired) electrons. The smallest absolute Gasteiger partial charge is 0.234 e. The highest BCUT2D eigenvalue weighted by Gasteiger charge is 2.30. The minimum atomic E-state index is 0.0849. The van der Waals surface area contributed by atoms with Gasteiger partial charge in [-0.2, -0.15) is 5.10 Å². The Kier molecular flexibility index (Phi) is 4.60. The normalized spacial score (nSPS) is 17.4. The number of hydrogen-bond acceptors (Lipinski definition) is 5. The Labute approximate surface area is 168 Å². The van der Waals surface area contributed by atoms with Gasteiger partial charge in [-0.15, -0.1) is 0 Å². The lowest BCUT2D eigenvalue weighted by molar-refractivity contribution is -0.124. The molecule has 3 heterocycles. The molecule has 1 amide bonds. The number of benzene rings is 1. The van der Waals surface area contributed by atoms with Gasteiger partial charge in [-0.05, 0) is 30.5 Å². The number of ketones is 1. The summed E-state index contributed by atoms with van der Waals surface area (Å²) >= 11 is 0. The molecule has 3 aromatic rings. The Balaban J connectivity index is 1.36. The molecular weight excluding hydrogens is 366 g/mol. The molecule has 1 saturated carbocycles. The van der Waals surface area contributed by atoms with Gasteiger partial charge in [0.2, 0.25) is 5.91 Å². The molecule has 1 aromatic carbocycles. The zero-order chi connectivity index (χ0) is 19.8. The number of nitrogens with one attached hydrogen (secondary N) is 1. The minimum absolute atomic E-state index is 0.0849. The lowest BCUT2D eigenvalue weighted by Gasteiger charge is -2.26. The topological polar surface area (TPSA) is 79.6 Å². The van der Waals surface area contributed by atoms with E-state index in [-0.39, 0.29) is 17.6 Å². The Morgan fingerprint density at radius 1 is 1.14 bits per heavy atom. The van der Waals surface area contributed by atoms with Crippen LogP contribution in [0.15, 0.2) is 42.5 Å². The van der Waals surface area contributed by atoms with Crippen LogP contribution in [0.25, 0.3) is 16.9 Å². The van der Waals surface area contributed by atoms with Gasteiger partial charge in [-0.1, -0.05) is 30.3 Å². The van der Waals surface area contributed by atoms with Gasteiger partial charge in [0, 0.05) is 31.1 Å². The molecule has 0 unspecified atom stereocenters. The highest BCUT2D eigenvalue weighted by molar-refractivity contribution is 5.84. The van der Waals surface area contributed by atoms with E-state index in [9.17, 15) is 9.59 Å². The summed E-state index contributed by atoms with van der Waals surface area (Å²) < 4.78 is 1.82. The number of carbonyl (C=O) groups excluding carboxylic acids is 2. The number of hydrogen-bond donors (Lipinski definition) is 1. The van der Waals surface area contributed by atoms with Crippen molar-refractivity contribution in [3.05, 3.63) is 53.9 Å². The zero-order valence-electron chi connectivity index (χ0n) is 16.2. The highest BCUT2D eigenvalue weighted by atomic mass is 16.2. The number of rotatable bonds is 6. The second-order valence-electron chi connectivity index (χ2n) is 7.88. The predicted molar refractivity (Wildman–Crippen MR) is 108 cm³/mol. The number of aromatic nitrogens is 3. The molecule has 0 spiro atoms. The first kappa shape index (κ1) is 18.0. The summed E-state index contributed by atoms with van der Waals surface area (Å²) in [6.45, 7) is 2.78. The van der Waals surface area contributed by atoms with Crippen molar-refractivity contribution in [1.29, 1.82) is 0 Å². The lowest BCUT2D eigenvalue weighted by atomic mass is 10.1. The largest absolute Gasteiger partial charge is 0.354 e. The molecule has 148 valence electrons. The summed E-state index contributed by atoms with van der Waals surface area (Å²) in [5, 5.41) is 7.45. The molecule has 1 aliphatic carbocycles. The molecule has 7 nitrogen and oxygen atoms in total. The van der Waals surface area contributed by atoms with Gasteiger partial charge in [0.15, 0.2) is 11.5 Å². The number of nitrogens with zero attached hydrogens (tertiary/aromatic N) is 4. The molecular formula is C22H23N5O2. The minimum Gasteiger partial charge on any atom is -0.354 e. The molecule has 1 saturated heterocycles. The second kappa shape index (κ2) is 7.40. The number of carbonyl (C=O) groups is 2. The van der Waals surface area contributed by atoms with Gasteiger partial charge in [0.1, 0.15) is 5.78 Å². The summed E-state index contributed by atoms with van der Waals surface area (Å²) in [5.41, 5.74) is 3.92. The van der Waals surface area contributed by atoms with Crippen LogP contribution in [0.3, 0.4) is 0 Å². The zero-order valence-corrected chi connectivity index (χ0v) is 16.2. The van der Waals surface area contributed by atoms with Gasteiger partial charge in [-0.25, -0.2) is 9.50 Å². The van der Waals surface area contributed by atoms with Crippen molar-refractivity contribution in [3.8, 4) is 11.3 Å². The molecule has 29 heavy (non-hydrogen) atoms. The third kappa shape index (κ3) is 3.91. The number of Topliss-reactive ketones (excluding diaryl/α,β-unsaturated/α-hetero) is 1. The molecule has 2 fully saturated rings. The maximum Gasteiger partial charge on any atom is 0.234 e. The van der Waals surface area contributed by atoms with Crippen LogP contribution in [-0.2, 0) is 22.6 Å². The van der Waals surface area contributed by atoms with E-state index in [1.165, 1.54) is 5.56 Å². The third-order valence-corrected chi connectivity index (χ3v) is 5.54. The van der Waals surface area contributed by atoms with E-state index in [1.54, 1.807) is 0 Å². The number of fused-ring (bicyclic) bond motifs is 1. The van der Waals surface area contributed by atoms with Crippen LogP contribution in [0.5, 0.6) is 0 Å². The van der Waals surface area contributed by atoms with Crippen LogP contribution in [0, 0.1) is 5.92 Å². The van der Waals surface area contributed by atoms with Crippen molar-refractivity contribution in [2.45, 2.75) is 25.8 Å². The van der Waals surface area contributed by atoms with E-state index in [0.29, 0.717) is 25.3 Å². The maximum absolute atomic E-state index is 12.1. The Hall–Kier alpha value is -3.06. The van der Waals surface area contributed by atoms with Crippen LogP contribution in [-0.4, -0.2) is 50.8 Å². The van der Waals surface area contributed by atoms with Gasteiger partial charge in [0.05, 0.1) is 18.7 Å². The molecule has 0 atom stereocenters. The molecule has 2 aromatic heterocycles. The fraction of sp³-hybridized carbons (Fsp3) is 0.364. The molecule has 7 heteroatoms. The number of amides is 1. The van der Waals surface area contributed by atoms with Crippen LogP contribution in [0.1, 0.15) is 24.2 Å². The predicted octanol–water partition coefficient (Wildman–Crippen LogP) is 1.85. The van der Waals surface area contributed by atoms with E-state index in [4.69, 9.17) is 0 Å². The SMILES string of the molecule is O=C1CN(Cc2ccc(-c3cccc4nc(CC(=O)C5CC5)nn34)cc2)CCN1. The van der Waals surface area contributed by atoms with Crippen LogP contribution in [0.4, 0.5) is 0 Å². The molecule has 1 aliphatic heterocycles. The van der Waals surface area contributed by atoms with Crippen molar-refractivity contribution in [2.24, 2.45) is 5.92 Å². The fourth-order valence-electron chi connectivity index (χ4n) is 3.81. The van der Waals surface area contributed by atoms with Gasteiger partial charge >= 0.3 is 0 Å². The molecule has 1 N–H and O–H groups in total. The van der Waals surface area contributed by atoms with Crippen LogP contribution < -0.4 is 5.32 Å². The van der Waals surface area contributed by atoms with E-state index in [1.807, 2.05) is 22.7 Å². The van der Waals surface area contributed by atoms with Gasteiger partial charge < -0.3 is 5.32 Å². The molecule has 5 rings (SSSR count). The monoisotopic (exact) mass is 389 g/mol. The Morgan fingerprint density at radius 3 is 2.72 bits per heavy atom. The van der Waals surface area contributed by atoms with E-state index >= 15 is 0 Å². The van der Waals surface area contributed by atoms with Crippen molar-refractivity contribution in [1.82, 2.24) is 24.8 Å². The third-order valence-electron chi connectivity index (χ3n) is 5.54. The Morgan fingerprint density at radius 2 is 1.97 bits per heavy atom. The summed E-state index contributed by atoms with van der Waals surface area (Å²) in [5.74, 6) is 1.15. The number of pyridine rings is 1. The Bertz CT molecular complexity index is 1070. The lowest BCUT2D eigenvalue weighted by Crippen LogP contribution is -2.47. The fourth-order valence-corrected chi connectivity index (χ4v) is 3.81. The first-order valence-electron chi connectivity index (χ1n) is 10.1. The molecule has 0 bridgehead atoms. The summed E-state index contributed by atoms with van der Waals surface area (Å²) in [6, 6.07) is 14.2. The van der Waals surface area contributed by atoms with E-state index in [0.717, 1.165) is 42.8 Å². The average Bonchev–Trinajstić information content (AvgIpc) is 3.49. The van der Waals surface area contributed by atoms with E-state index < -0.39 is 0 Å². The van der Waals surface area contributed by atoms with Gasteiger partial charge in [-0.3, -0.25) is 14.5 Å².